The first-order valence-electron chi connectivity index (χ1n) is 6.27. The normalized spacial score (nSPS) is 9.85. The Bertz CT molecular complexity index is 606. The molecule has 0 fully saturated rings. The quantitative estimate of drug-likeness (QED) is 0.847. The van der Waals surface area contributed by atoms with Gasteiger partial charge in [-0.05, 0) is 42.8 Å². The zero-order valence-corrected chi connectivity index (χ0v) is 11.3. The Morgan fingerprint density at radius 3 is 2.75 bits per heavy atom. The molecule has 20 heavy (non-hydrogen) atoms. The van der Waals surface area contributed by atoms with E-state index in [4.69, 9.17) is 4.74 Å². The van der Waals surface area contributed by atoms with Gasteiger partial charge in [0.1, 0.15) is 18.2 Å². The van der Waals surface area contributed by atoms with Crippen molar-refractivity contribution in [2.45, 2.75) is 6.92 Å². The Kier molecular flexibility index (Phi) is 4.50. The number of ether oxygens (including phenoxy) is 1. The van der Waals surface area contributed by atoms with Crippen molar-refractivity contribution in [3.05, 3.63) is 66.4 Å². The van der Waals surface area contributed by atoms with Gasteiger partial charge < -0.3 is 10.1 Å². The second-order valence-electron chi connectivity index (χ2n) is 4.25. The summed E-state index contributed by atoms with van der Waals surface area (Å²) in [4.78, 5) is 16.2. The zero-order valence-electron chi connectivity index (χ0n) is 11.3. The number of amides is 1. The third kappa shape index (κ3) is 3.45. The van der Waals surface area contributed by atoms with Gasteiger partial charge in [0.05, 0.1) is 0 Å². The van der Waals surface area contributed by atoms with Crippen LogP contribution in [0.4, 0.5) is 5.82 Å². The molecule has 1 amide bonds. The van der Waals surface area contributed by atoms with E-state index in [0.29, 0.717) is 23.7 Å². The molecule has 0 unspecified atom stereocenters. The minimum absolute atomic E-state index is 0.193. The van der Waals surface area contributed by atoms with Crippen molar-refractivity contribution in [2.24, 2.45) is 0 Å². The van der Waals surface area contributed by atoms with E-state index >= 15 is 0 Å². The van der Waals surface area contributed by atoms with Gasteiger partial charge in [0.15, 0.2) is 0 Å². The number of anilines is 1. The molecular weight excluding hydrogens is 252 g/mol. The fraction of sp³-hybridized carbons (Fsp3) is 0.125. The fourth-order valence-corrected chi connectivity index (χ4v) is 1.65. The number of nitrogens with zero attached hydrogens (tertiary/aromatic N) is 1. The molecule has 1 heterocycles. The number of aromatic nitrogens is 1. The highest BCUT2D eigenvalue weighted by atomic mass is 16.5. The SMILES string of the molecule is C=CCOc1ccc(C(=O)Nc2ncccc2C)cc1. The van der Waals surface area contributed by atoms with Crippen LogP contribution in [0.5, 0.6) is 5.75 Å². The van der Waals surface area contributed by atoms with Crippen LogP contribution in [0.25, 0.3) is 0 Å². The van der Waals surface area contributed by atoms with E-state index in [1.807, 2.05) is 19.1 Å². The lowest BCUT2D eigenvalue weighted by Gasteiger charge is -2.08. The summed E-state index contributed by atoms with van der Waals surface area (Å²) in [6.07, 6.45) is 3.32. The molecule has 1 aromatic carbocycles. The maximum Gasteiger partial charge on any atom is 0.256 e. The van der Waals surface area contributed by atoms with E-state index in [2.05, 4.69) is 16.9 Å². The molecule has 4 nitrogen and oxygen atoms in total. The maximum atomic E-state index is 12.1. The summed E-state index contributed by atoms with van der Waals surface area (Å²) in [6.45, 7) is 5.92. The first kappa shape index (κ1) is 13.8. The molecule has 2 rings (SSSR count). The van der Waals surface area contributed by atoms with Crippen LogP contribution in [0.15, 0.2) is 55.3 Å². The number of hydrogen-bond donors (Lipinski definition) is 1. The van der Waals surface area contributed by atoms with Gasteiger partial charge in [0.25, 0.3) is 5.91 Å². The van der Waals surface area contributed by atoms with E-state index in [9.17, 15) is 4.79 Å². The molecule has 0 saturated heterocycles. The summed E-state index contributed by atoms with van der Waals surface area (Å²) >= 11 is 0. The molecule has 0 radical (unpaired) electrons. The minimum Gasteiger partial charge on any atom is -0.490 e. The predicted octanol–water partition coefficient (Wildman–Crippen LogP) is 3.21. The van der Waals surface area contributed by atoms with Gasteiger partial charge in [0, 0.05) is 11.8 Å². The number of nitrogens with one attached hydrogen (secondary N) is 1. The van der Waals surface area contributed by atoms with Gasteiger partial charge in [0.2, 0.25) is 0 Å². The highest BCUT2D eigenvalue weighted by Gasteiger charge is 2.08. The summed E-state index contributed by atoms with van der Waals surface area (Å²) in [5, 5.41) is 2.78. The van der Waals surface area contributed by atoms with Gasteiger partial charge in [-0.25, -0.2) is 4.98 Å². The minimum atomic E-state index is -0.193. The summed E-state index contributed by atoms with van der Waals surface area (Å²) in [5.41, 5.74) is 1.48. The third-order valence-electron chi connectivity index (χ3n) is 2.73. The molecular formula is C16H16N2O2. The van der Waals surface area contributed by atoms with E-state index in [0.717, 1.165) is 5.56 Å². The lowest BCUT2D eigenvalue weighted by Crippen LogP contribution is -2.13. The summed E-state index contributed by atoms with van der Waals surface area (Å²) in [6, 6.07) is 10.7. The van der Waals surface area contributed by atoms with Crippen molar-refractivity contribution < 1.29 is 9.53 Å². The Morgan fingerprint density at radius 1 is 1.35 bits per heavy atom. The fourth-order valence-electron chi connectivity index (χ4n) is 1.65. The van der Waals surface area contributed by atoms with Crippen LogP contribution in [0.2, 0.25) is 0 Å². The van der Waals surface area contributed by atoms with Crippen molar-refractivity contribution in [3.8, 4) is 5.75 Å². The number of aryl methyl sites for hydroxylation is 1. The first-order chi connectivity index (χ1) is 9.70. The average molecular weight is 268 g/mol. The molecule has 0 atom stereocenters. The lowest BCUT2D eigenvalue weighted by molar-refractivity contribution is 0.102. The molecule has 4 heteroatoms. The third-order valence-corrected chi connectivity index (χ3v) is 2.73. The number of pyridine rings is 1. The van der Waals surface area contributed by atoms with Gasteiger partial charge >= 0.3 is 0 Å². The van der Waals surface area contributed by atoms with Crippen LogP contribution >= 0.6 is 0 Å². The standard InChI is InChI=1S/C16H16N2O2/c1-3-11-20-14-8-6-13(7-9-14)16(19)18-15-12(2)5-4-10-17-15/h3-10H,1,11H2,2H3,(H,17,18,19). The zero-order chi connectivity index (χ0) is 14.4. The van der Waals surface area contributed by atoms with Gasteiger partial charge in [-0.3, -0.25) is 4.79 Å². The molecule has 1 N–H and O–H groups in total. The van der Waals surface area contributed by atoms with Crippen LogP contribution < -0.4 is 10.1 Å². The number of hydrogen-bond acceptors (Lipinski definition) is 3. The Hall–Kier alpha value is -2.62. The predicted molar refractivity (Wildman–Crippen MR) is 79.1 cm³/mol. The molecule has 0 aliphatic heterocycles. The Labute approximate surface area is 118 Å². The van der Waals surface area contributed by atoms with Crippen molar-refractivity contribution in [3.63, 3.8) is 0 Å². The van der Waals surface area contributed by atoms with Crippen LogP contribution in [0.1, 0.15) is 15.9 Å². The van der Waals surface area contributed by atoms with Crippen molar-refractivity contribution >= 4 is 11.7 Å². The first-order valence-corrected chi connectivity index (χ1v) is 6.27. The number of benzene rings is 1. The smallest absolute Gasteiger partial charge is 0.256 e. The highest BCUT2D eigenvalue weighted by molar-refractivity contribution is 6.04. The maximum absolute atomic E-state index is 12.1. The molecule has 0 bridgehead atoms. The van der Waals surface area contributed by atoms with E-state index in [1.165, 1.54) is 0 Å². The van der Waals surface area contributed by atoms with Crippen LogP contribution in [0.3, 0.4) is 0 Å². The van der Waals surface area contributed by atoms with Gasteiger partial charge in [-0.1, -0.05) is 18.7 Å². The van der Waals surface area contributed by atoms with Gasteiger partial charge in [-0.15, -0.1) is 0 Å². The molecule has 0 aliphatic rings. The van der Waals surface area contributed by atoms with Crippen molar-refractivity contribution in [1.82, 2.24) is 4.98 Å². The Morgan fingerprint density at radius 2 is 2.10 bits per heavy atom. The Balaban J connectivity index is 2.06. The van der Waals surface area contributed by atoms with Crippen molar-refractivity contribution in [1.29, 1.82) is 0 Å². The number of carbonyl (C=O) groups is 1. The van der Waals surface area contributed by atoms with Crippen LogP contribution in [-0.2, 0) is 0 Å². The molecule has 0 aliphatic carbocycles. The summed E-state index contributed by atoms with van der Waals surface area (Å²) in [7, 11) is 0. The summed E-state index contributed by atoms with van der Waals surface area (Å²) in [5.74, 6) is 1.09. The monoisotopic (exact) mass is 268 g/mol. The molecule has 102 valence electrons. The average Bonchev–Trinajstić information content (AvgIpc) is 2.48. The molecule has 0 saturated carbocycles. The molecule has 0 spiro atoms. The number of carbonyl (C=O) groups excluding carboxylic acids is 1. The van der Waals surface area contributed by atoms with E-state index in [1.54, 1.807) is 36.5 Å². The highest BCUT2D eigenvalue weighted by Crippen LogP contribution is 2.15. The number of rotatable bonds is 5. The van der Waals surface area contributed by atoms with Crippen molar-refractivity contribution in [2.75, 3.05) is 11.9 Å². The summed E-state index contributed by atoms with van der Waals surface area (Å²) < 4.78 is 5.37. The molecule has 1 aromatic heterocycles. The van der Waals surface area contributed by atoms with E-state index < -0.39 is 0 Å². The van der Waals surface area contributed by atoms with Crippen LogP contribution in [0, 0.1) is 6.92 Å². The second-order valence-corrected chi connectivity index (χ2v) is 4.25. The van der Waals surface area contributed by atoms with Crippen LogP contribution in [-0.4, -0.2) is 17.5 Å². The topological polar surface area (TPSA) is 51.2 Å². The van der Waals surface area contributed by atoms with E-state index in [-0.39, 0.29) is 5.91 Å². The largest absolute Gasteiger partial charge is 0.490 e. The second kappa shape index (κ2) is 6.52. The lowest BCUT2D eigenvalue weighted by atomic mass is 10.2. The van der Waals surface area contributed by atoms with Gasteiger partial charge in [-0.2, -0.15) is 0 Å². The molecule has 2 aromatic rings.